The average Bonchev–Trinajstić information content (AvgIpc) is 3.57. The third-order valence-corrected chi connectivity index (χ3v) is 12.9. The summed E-state index contributed by atoms with van der Waals surface area (Å²) in [6.45, 7) is 14.2. The van der Waals surface area contributed by atoms with Crippen LogP contribution in [0.3, 0.4) is 0 Å². The number of amides is 1. The molecular weight excluding hydrogens is 681 g/mol. The maximum atomic E-state index is 14.7. The van der Waals surface area contributed by atoms with Gasteiger partial charge in [-0.05, 0) is 143 Å². The number of aliphatic carboxylic acids is 1. The second kappa shape index (κ2) is 15.6. The molecule has 11 heteroatoms. The Hall–Kier alpha value is -4.09. The third kappa shape index (κ3) is 6.98. The van der Waals surface area contributed by atoms with E-state index in [9.17, 15) is 14.7 Å². The number of carboxylic acids is 1. The van der Waals surface area contributed by atoms with E-state index in [-0.39, 0.29) is 22.9 Å². The highest BCUT2D eigenvalue weighted by atomic mass is 16.5. The van der Waals surface area contributed by atoms with Gasteiger partial charge in [-0.1, -0.05) is 40.7 Å². The van der Waals surface area contributed by atoms with Crippen LogP contribution in [0.2, 0.25) is 0 Å². The highest BCUT2D eigenvalue weighted by Crippen LogP contribution is 2.70. The molecule has 2 aromatic carbocycles. The van der Waals surface area contributed by atoms with Crippen LogP contribution >= 0.6 is 0 Å². The van der Waals surface area contributed by atoms with Gasteiger partial charge < -0.3 is 35.8 Å². The Morgan fingerprint density at radius 2 is 1.67 bits per heavy atom. The number of hydrogen-bond donors (Lipinski definition) is 4. The zero-order chi connectivity index (χ0) is 39.0. The Bertz CT molecular complexity index is 1790. The molecule has 1 heterocycles. The third-order valence-electron chi connectivity index (χ3n) is 12.9. The lowest BCUT2D eigenvalue weighted by Gasteiger charge is -2.69. The van der Waals surface area contributed by atoms with Crippen molar-refractivity contribution in [2.45, 2.75) is 91.0 Å². The van der Waals surface area contributed by atoms with Crippen LogP contribution in [-0.2, 0) is 4.79 Å². The van der Waals surface area contributed by atoms with Crippen LogP contribution in [0.5, 0.6) is 11.5 Å². The Labute approximate surface area is 321 Å². The molecule has 4 bridgehead atoms. The number of carbonyl (C=O) groups excluding carboxylic acids is 1. The maximum Gasteiger partial charge on any atom is 0.330 e. The minimum Gasteiger partial charge on any atom is -0.496 e. The van der Waals surface area contributed by atoms with Gasteiger partial charge in [-0.25, -0.2) is 9.48 Å². The van der Waals surface area contributed by atoms with E-state index in [1.165, 1.54) is 0 Å². The molecule has 7 rings (SSSR count). The fraction of sp³-hybridized carbons (Fsp3) is 0.605. The van der Waals surface area contributed by atoms with Gasteiger partial charge in [0.2, 0.25) is 0 Å². The molecule has 0 spiro atoms. The van der Waals surface area contributed by atoms with Crippen molar-refractivity contribution < 1.29 is 24.2 Å². The second-order valence-electron chi connectivity index (χ2n) is 17.5. The van der Waals surface area contributed by atoms with Gasteiger partial charge in [-0.2, -0.15) is 5.10 Å². The van der Waals surface area contributed by atoms with Crippen molar-refractivity contribution in [3.05, 3.63) is 53.7 Å². The number of methoxy groups -OCH3 is 2. The molecule has 54 heavy (non-hydrogen) atoms. The number of anilines is 1. The first kappa shape index (κ1) is 39.6. The summed E-state index contributed by atoms with van der Waals surface area (Å²) in [5.74, 6) is 0.674. The molecule has 294 valence electrons. The normalized spacial score (nSPS) is 24.6. The van der Waals surface area contributed by atoms with E-state index in [4.69, 9.17) is 20.3 Å². The van der Waals surface area contributed by atoms with Gasteiger partial charge in [0.25, 0.3) is 5.91 Å². The fourth-order valence-electron chi connectivity index (χ4n) is 10.5. The Kier molecular flexibility index (Phi) is 11.4. The lowest BCUT2D eigenvalue weighted by molar-refractivity contribution is -0.206. The number of hydrogen-bond acceptors (Lipinski definition) is 8. The van der Waals surface area contributed by atoms with Gasteiger partial charge in [0.05, 0.1) is 31.2 Å². The number of aromatic nitrogens is 2. The van der Waals surface area contributed by atoms with Crippen molar-refractivity contribution in [2.75, 3.05) is 52.8 Å². The van der Waals surface area contributed by atoms with Crippen molar-refractivity contribution in [1.82, 2.24) is 20.0 Å². The van der Waals surface area contributed by atoms with Gasteiger partial charge >= 0.3 is 5.97 Å². The minimum absolute atomic E-state index is 0.119. The maximum absolute atomic E-state index is 14.7. The van der Waals surface area contributed by atoms with Crippen molar-refractivity contribution in [3.63, 3.8) is 0 Å². The lowest BCUT2D eigenvalue weighted by atomic mass is 9.36. The van der Waals surface area contributed by atoms with Crippen molar-refractivity contribution >= 4 is 17.6 Å². The molecule has 0 radical (unpaired) electrons. The number of rotatable bonds is 16. The van der Waals surface area contributed by atoms with Crippen molar-refractivity contribution in [1.29, 1.82) is 0 Å². The van der Waals surface area contributed by atoms with Crippen LogP contribution < -0.4 is 25.8 Å². The van der Waals surface area contributed by atoms with Crippen LogP contribution in [0.4, 0.5) is 5.69 Å². The van der Waals surface area contributed by atoms with E-state index < -0.39 is 22.8 Å². The largest absolute Gasteiger partial charge is 0.496 e. The van der Waals surface area contributed by atoms with Crippen LogP contribution in [0.25, 0.3) is 16.9 Å². The summed E-state index contributed by atoms with van der Waals surface area (Å²) in [4.78, 5) is 30.8. The number of ether oxygens (including phenoxy) is 2. The van der Waals surface area contributed by atoms with E-state index in [2.05, 4.69) is 63.3 Å². The Morgan fingerprint density at radius 3 is 2.24 bits per heavy atom. The highest BCUT2D eigenvalue weighted by Gasteiger charge is 2.73. The van der Waals surface area contributed by atoms with Crippen LogP contribution in [0, 0.1) is 28.6 Å². The number of nitrogens with one attached hydrogen (secondary N) is 2. The first-order chi connectivity index (χ1) is 25.7. The van der Waals surface area contributed by atoms with Crippen molar-refractivity contribution in [3.8, 4) is 28.4 Å². The summed E-state index contributed by atoms with van der Waals surface area (Å²) in [6.07, 6.45) is 6.39. The fourth-order valence-corrected chi connectivity index (χ4v) is 10.5. The molecule has 1 aromatic heterocycles. The number of carbonyl (C=O) groups is 2. The van der Waals surface area contributed by atoms with Crippen LogP contribution in [0.1, 0.15) is 102 Å². The lowest BCUT2D eigenvalue weighted by Crippen LogP contribution is -2.78. The molecule has 4 saturated carbocycles. The standard InChI is InChI=1S/C43H62N6O5/c1-27(2)32-23-31(45-17-11-19-48(6)18-10-16-44)14-15-34(32)49-35(38-36(53-7)12-9-13-37(38)54-8)24-33(47-49)39(50)46-43(40(51)52)30-21-28-20-29(22-30)26-42(43,25-28)41(3,4)5/h9,12-15,23-24,27-30,45H,10-11,16-22,25-26,44H2,1-8H3,(H,46,50)(H,51,52). The van der Waals surface area contributed by atoms with Gasteiger partial charge in [-0.3, -0.25) is 4.79 Å². The van der Waals surface area contributed by atoms with Crippen LogP contribution in [0.15, 0.2) is 42.5 Å². The summed E-state index contributed by atoms with van der Waals surface area (Å²) in [5.41, 5.74) is 7.62. The van der Waals surface area contributed by atoms with Crippen LogP contribution in [-0.4, -0.2) is 84.6 Å². The molecule has 3 atom stereocenters. The van der Waals surface area contributed by atoms with Gasteiger partial charge in [0.15, 0.2) is 5.69 Å². The van der Waals surface area contributed by atoms with E-state index in [0.717, 1.165) is 81.5 Å². The van der Waals surface area contributed by atoms with E-state index in [1.807, 2.05) is 30.3 Å². The molecule has 4 fully saturated rings. The molecule has 3 aromatic rings. The van der Waals surface area contributed by atoms with E-state index in [0.29, 0.717) is 41.1 Å². The van der Waals surface area contributed by atoms with Gasteiger partial charge in [0, 0.05) is 17.6 Å². The summed E-state index contributed by atoms with van der Waals surface area (Å²) >= 11 is 0. The molecule has 4 aliphatic rings. The first-order valence-corrected chi connectivity index (χ1v) is 19.8. The minimum atomic E-state index is -1.41. The molecule has 5 N–H and O–H groups in total. The predicted octanol–water partition coefficient (Wildman–Crippen LogP) is 7.19. The Morgan fingerprint density at radius 1 is 1.02 bits per heavy atom. The number of nitrogens with two attached hydrogens (primary N) is 1. The predicted molar refractivity (Wildman–Crippen MR) is 214 cm³/mol. The smallest absolute Gasteiger partial charge is 0.330 e. The zero-order valence-corrected chi connectivity index (χ0v) is 33.6. The molecule has 11 nitrogen and oxygen atoms in total. The number of carboxylic acid groups (broad SMARTS) is 1. The van der Waals surface area contributed by atoms with E-state index in [1.54, 1.807) is 25.0 Å². The van der Waals surface area contributed by atoms with Gasteiger partial charge in [-0.15, -0.1) is 0 Å². The average molecular weight is 743 g/mol. The number of nitrogens with zero attached hydrogens (tertiary/aromatic N) is 3. The molecule has 3 unspecified atom stereocenters. The summed E-state index contributed by atoms with van der Waals surface area (Å²) in [6, 6.07) is 13.6. The number of benzene rings is 2. The van der Waals surface area contributed by atoms with E-state index >= 15 is 0 Å². The Balaban J connectivity index is 1.41. The van der Waals surface area contributed by atoms with Gasteiger partial charge in [0.1, 0.15) is 17.0 Å². The molecule has 0 saturated heterocycles. The summed E-state index contributed by atoms with van der Waals surface area (Å²) < 4.78 is 13.5. The topological polar surface area (TPSA) is 144 Å². The quantitative estimate of drug-likeness (QED) is 0.112. The second-order valence-corrected chi connectivity index (χ2v) is 17.5. The molecule has 0 aliphatic heterocycles. The molecule has 4 aliphatic carbocycles. The molecule has 1 amide bonds. The van der Waals surface area contributed by atoms with Crippen molar-refractivity contribution in [2.24, 2.45) is 34.3 Å². The molecular formula is C43H62N6O5. The summed E-state index contributed by atoms with van der Waals surface area (Å²) in [7, 11) is 5.34. The highest BCUT2D eigenvalue weighted by molar-refractivity contribution is 5.98. The summed E-state index contributed by atoms with van der Waals surface area (Å²) in [5, 5.41) is 23.1. The monoisotopic (exact) mass is 742 g/mol. The SMILES string of the molecule is COc1cccc(OC)c1-c1cc(C(=O)NC2(C(=O)O)C3CC4CC(C3)CC2(C(C)(C)C)C4)nn1-c1ccc(NCCCN(C)CCCN)cc1C(C)C. The first-order valence-electron chi connectivity index (χ1n) is 19.8. The zero-order valence-electron chi connectivity index (χ0n) is 33.6.